The van der Waals surface area contributed by atoms with Gasteiger partial charge in [-0.15, -0.1) is 0 Å². The first-order valence-corrected chi connectivity index (χ1v) is 5.35. The average Bonchev–Trinajstić information content (AvgIpc) is 2.84. The molecule has 0 spiro atoms. The SMILES string of the molecule is CC1(N2CCCC(NC(=O)O)C2)CC1. The maximum atomic E-state index is 10.5. The predicted molar refractivity (Wildman–Crippen MR) is 53.4 cm³/mol. The van der Waals surface area contributed by atoms with Crippen molar-refractivity contribution in [2.45, 2.75) is 44.2 Å². The number of nitrogens with one attached hydrogen (secondary N) is 1. The fourth-order valence-corrected chi connectivity index (χ4v) is 2.26. The second-order valence-electron chi connectivity index (χ2n) is 4.73. The van der Waals surface area contributed by atoms with Crippen LogP contribution in [-0.4, -0.2) is 40.8 Å². The average molecular weight is 198 g/mol. The van der Waals surface area contributed by atoms with E-state index in [1.807, 2.05) is 0 Å². The minimum Gasteiger partial charge on any atom is -0.465 e. The molecule has 4 heteroatoms. The molecule has 2 aliphatic rings. The molecule has 1 heterocycles. The predicted octanol–water partition coefficient (Wildman–Crippen LogP) is 1.27. The summed E-state index contributed by atoms with van der Waals surface area (Å²) in [6, 6.07) is 0.138. The van der Waals surface area contributed by atoms with Crippen LogP contribution in [0.4, 0.5) is 4.79 Å². The number of hydrogen-bond acceptors (Lipinski definition) is 2. The van der Waals surface area contributed by atoms with E-state index in [2.05, 4.69) is 17.1 Å². The first kappa shape index (κ1) is 9.77. The summed E-state index contributed by atoms with van der Waals surface area (Å²) < 4.78 is 0. The summed E-state index contributed by atoms with van der Waals surface area (Å²) in [5.74, 6) is 0. The smallest absolute Gasteiger partial charge is 0.404 e. The van der Waals surface area contributed by atoms with Gasteiger partial charge >= 0.3 is 6.09 Å². The van der Waals surface area contributed by atoms with Crippen molar-refractivity contribution < 1.29 is 9.90 Å². The van der Waals surface area contributed by atoms with Crippen LogP contribution in [-0.2, 0) is 0 Å². The highest BCUT2D eigenvalue weighted by Gasteiger charge is 2.44. The third kappa shape index (κ3) is 2.00. The zero-order valence-corrected chi connectivity index (χ0v) is 8.62. The molecule has 4 nitrogen and oxygen atoms in total. The zero-order chi connectivity index (χ0) is 10.2. The fraction of sp³-hybridized carbons (Fsp3) is 0.900. The Morgan fingerprint density at radius 1 is 1.57 bits per heavy atom. The van der Waals surface area contributed by atoms with Crippen molar-refractivity contribution in [3.63, 3.8) is 0 Å². The first-order chi connectivity index (χ1) is 6.60. The summed E-state index contributed by atoms with van der Waals surface area (Å²) >= 11 is 0. The molecule has 1 aliphatic heterocycles. The van der Waals surface area contributed by atoms with E-state index in [1.165, 1.54) is 12.8 Å². The summed E-state index contributed by atoms with van der Waals surface area (Å²) in [6.07, 6.45) is 3.75. The molecule has 0 aromatic carbocycles. The van der Waals surface area contributed by atoms with Crippen LogP contribution in [0.3, 0.4) is 0 Å². The summed E-state index contributed by atoms with van der Waals surface area (Å²) in [5.41, 5.74) is 0.388. The molecule has 0 aromatic heterocycles. The van der Waals surface area contributed by atoms with Crippen molar-refractivity contribution in [2.75, 3.05) is 13.1 Å². The molecule has 1 amide bonds. The fourth-order valence-electron chi connectivity index (χ4n) is 2.26. The first-order valence-electron chi connectivity index (χ1n) is 5.35. The van der Waals surface area contributed by atoms with Crippen LogP contribution in [0.2, 0.25) is 0 Å². The largest absolute Gasteiger partial charge is 0.465 e. The van der Waals surface area contributed by atoms with Crippen molar-refractivity contribution in [1.82, 2.24) is 10.2 Å². The van der Waals surface area contributed by atoms with Crippen LogP contribution >= 0.6 is 0 Å². The molecule has 0 radical (unpaired) electrons. The lowest BCUT2D eigenvalue weighted by Gasteiger charge is -2.37. The Bertz CT molecular complexity index is 238. The highest BCUT2D eigenvalue weighted by Crippen LogP contribution is 2.42. The summed E-state index contributed by atoms with van der Waals surface area (Å²) in [6.45, 7) is 4.30. The van der Waals surface area contributed by atoms with Crippen LogP contribution in [0.1, 0.15) is 32.6 Å². The number of nitrogens with zero attached hydrogens (tertiary/aromatic N) is 1. The molecular weight excluding hydrogens is 180 g/mol. The molecule has 1 saturated heterocycles. The second-order valence-corrected chi connectivity index (χ2v) is 4.73. The van der Waals surface area contributed by atoms with E-state index in [1.54, 1.807) is 0 Å². The van der Waals surface area contributed by atoms with Crippen molar-refractivity contribution in [2.24, 2.45) is 0 Å². The molecule has 1 atom stereocenters. The Labute approximate surface area is 84.3 Å². The number of hydrogen-bond donors (Lipinski definition) is 2. The van der Waals surface area contributed by atoms with Gasteiger partial charge in [-0.2, -0.15) is 0 Å². The van der Waals surface area contributed by atoms with Gasteiger partial charge in [-0.25, -0.2) is 4.79 Å². The maximum absolute atomic E-state index is 10.5. The molecule has 2 N–H and O–H groups in total. The van der Waals surface area contributed by atoms with Gasteiger partial charge in [0.1, 0.15) is 0 Å². The van der Waals surface area contributed by atoms with Gasteiger partial charge in [-0.05, 0) is 39.2 Å². The van der Waals surface area contributed by atoms with Gasteiger partial charge in [0.2, 0.25) is 0 Å². The monoisotopic (exact) mass is 198 g/mol. The lowest BCUT2D eigenvalue weighted by atomic mass is 10.0. The Morgan fingerprint density at radius 3 is 2.86 bits per heavy atom. The minimum absolute atomic E-state index is 0.138. The lowest BCUT2D eigenvalue weighted by molar-refractivity contribution is 0.125. The van der Waals surface area contributed by atoms with Gasteiger partial charge in [0.05, 0.1) is 0 Å². The molecule has 2 fully saturated rings. The Balaban J connectivity index is 1.87. The summed E-state index contributed by atoms with van der Waals surface area (Å²) in [7, 11) is 0. The highest BCUT2D eigenvalue weighted by atomic mass is 16.4. The standard InChI is InChI=1S/C10H18N2O2/c1-10(4-5-10)12-6-2-3-8(7-12)11-9(13)14/h8,11H,2-7H2,1H3,(H,13,14). The van der Waals surface area contributed by atoms with E-state index in [0.717, 1.165) is 25.9 Å². The van der Waals surface area contributed by atoms with E-state index in [0.29, 0.717) is 5.54 Å². The van der Waals surface area contributed by atoms with E-state index in [-0.39, 0.29) is 6.04 Å². The number of likely N-dealkylation sites (tertiary alicyclic amines) is 1. The number of rotatable bonds is 2. The van der Waals surface area contributed by atoms with Crippen molar-refractivity contribution in [3.05, 3.63) is 0 Å². The molecule has 80 valence electrons. The number of carbonyl (C=O) groups is 1. The number of carboxylic acid groups (broad SMARTS) is 1. The van der Waals surface area contributed by atoms with E-state index in [4.69, 9.17) is 5.11 Å². The Kier molecular flexibility index (Phi) is 2.39. The topological polar surface area (TPSA) is 52.6 Å². The van der Waals surface area contributed by atoms with Gasteiger partial charge in [0.15, 0.2) is 0 Å². The van der Waals surface area contributed by atoms with Crippen molar-refractivity contribution in [3.8, 4) is 0 Å². The maximum Gasteiger partial charge on any atom is 0.404 e. The molecule has 14 heavy (non-hydrogen) atoms. The molecule has 1 saturated carbocycles. The highest BCUT2D eigenvalue weighted by molar-refractivity contribution is 5.64. The van der Waals surface area contributed by atoms with Gasteiger partial charge in [0.25, 0.3) is 0 Å². The van der Waals surface area contributed by atoms with E-state index < -0.39 is 6.09 Å². The van der Waals surface area contributed by atoms with Gasteiger partial charge in [-0.3, -0.25) is 4.90 Å². The number of amides is 1. The van der Waals surface area contributed by atoms with Gasteiger partial charge in [-0.1, -0.05) is 0 Å². The zero-order valence-electron chi connectivity index (χ0n) is 8.62. The Morgan fingerprint density at radius 2 is 2.29 bits per heavy atom. The van der Waals surface area contributed by atoms with Crippen LogP contribution < -0.4 is 5.32 Å². The van der Waals surface area contributed by atoms with Crippen LogP contribution in [0.5, 0.6) is 0 Å². The summed E-state index contributed by atoms with van der Waals surface area (Å²) in [4.78, 5) is 13.0. The lowest BCUT2D eigenvalue weighted by Crippen LogP contribution is -2.50. The van der Waals surface area contributed by atoms with E-state index >= 15 is 0 Å². The molecule has 1 aliphatic carbocycles. The number of piperidine rings is 1. The van der Waals surface area contributed by atoms with Gasteiger partial charge in [0, 0.05) is 18.1 Å². The third-order valence-electron chi connectivity index (χ3n) is 3.49. The Hall–Kier alpha value is -0.770. The van der Waals surface area contributed by atoms with Gasteiger partial charge < -0.3 is 10.4 Å². The van der Waals surface area contributed by atoms with Crippen molar-refractivity contribution in [1.29, 1.82) is 0 Å². The third-order valence-corrected chi connectivity index (χ3v) is 3.49. The normalized spacial score (nSPS) is 31.1. The van der Waals surface area contributed by atoms with Crippen molar-refractivity contribution >= 4 is 6.09 Å². The van der Waals surface area contributed by atoms with Crippen LogP contribution in [0, 0.1) is 0 Å². The van der Waals surface area contributed by atoms with Crippen LogP contribution in [0.15, 0.2) is 0 Å². The molecule has 0 aromatic rings. The molecule has 1 unspecified atom stereocenters. The quantitative estimate of drug-likeness (QED) is 0.702. The second kappa shape index (κ2) is 3.42. The van der Waals surface area contributed by atoms with Crippen LogP contribution in [0.25, 0.3) is 0 Å². The minimum atomic E-state index is -0.891. The molecule has 0 bridgehead atoms. The molecule has 2 rings (SSSR count). The summed E-state index contributed by atoms with van der Waals surface area (Å²) in [5, 5.41) is 11.2. The van der Waals surface area contributed by atoms with E-state index in [9.17, 15) is 4.79 Å². The molecular formula is C10H18N2O2.